The first kappa shape index (κ1) is 15.3. The van der Waals surface area contributed by atoms with Crippen molar-refractivity contribution in [2.75, 3.05) is 26.3 Å². The van der Waals surface area contributed by atoms with Gasteiger partial charge in [-0.1, -0.05) is 17.7 Å². The van der Waals surface area contributed by atoms with Gasteiger partial charge < -0.3 is 14.7 Å². The van der Waals surface area contributed by atoms with Gasteiger partial charge in [-0.15, -0.1) is 0 Å². The minimum atomic E-state index is -0.873. The third-order valence-corrected chi connectivity index (χ3v) is 5.25. The van der Waals surface area contributed by atoms with E-state index in [0.717, 1.165) is 5.56 Å². The largest absolute Gasteiger partial charge is 0.481 e. The lowest BCUT2D eigenvalue weighted by Crippen LogP contribution is -2.45. The summed E-state index contributed by atoms with van der Waals surface area (Å²) in [5.41, 5.74) is 0.530. The second kappa shape index (κ2) is 5.56. The molecule has 2 fully saturated rings. The minimum Gasteiger partial charge on any atom is -0.481 e. The van der Waals surface area contributed by atoms with Crippen LogP contribution in [0.4, 0.5) is 0 Å². The summed E-state index contributed by atoms with van der Waals surface area (Å²) in [7, 11) is 0. The lowest BCUT2D eigenvalue weighted by molar-refractivity contribution is -0.157. The lowest BCUT2D eigenvalue weighted by atomic mass is 9.74. The van der Waals surface area contributed by atoms with Gasteiger partial charge >= 0.3 is 5.97 Å². The van der Waals surface area contributed by atoms with Crippen LogP contribution in [0, 0.1) is 18.3 Å². The summed E-state index contributed by atoms with van der Waals surface area (Å²) in [6, 6.07) is 5.18. The molecule has 0 spiro atoms. The first-order valence-electron chi connectivity index (χ1n) is 7.30. The molecule has 5 nitrogen and oxygen atoms in total. The molecular formula is C16H18ClNO4. The van der Waals surface area contributed by atoms with Crippen molar-refractivity contribution in [3.63, 3.8) is 0 Å². The van der Waals surface area contributed by atoms with E-state index in [9.17, 15) is 14.7 Å². The number of benzene rings is 1. The topological polar surface area (TPSA) is 66.8 Å². The molecule has 6 heteroatoms. The average Bonchev–Trinajstić information content (AvgIpc) is 2.90. The Morgan fingerprint density at radius 2 is 2.23 bits per heavy atom. The Morgan fingerprint density at radius 3 is 2.86 bits per heavy atom. The molecule has 2 saturated heterocycles. The number of aryl methyl sites for hydroxylation is 1. The van der Waals surface area contributed by atoms with E-state index in [1.54, 1.807) is 23.1 Å². The molecule has 0 radical (unpaired) electrons. The molecule has 0 bridgehead atoms. The molecule has 0 aliphatic carbocycles. The maximum absolute atomic E-state index is 12.7. The van der Waals surface area contributed by atoms with E-state index < -0.39 is 11.4 Å². The van der Waals surface area contributed by atoms with Gasteiger partial charge in [-0.3, -0.25) is 9.59 Å². The van der Waals surface area contributed by atoms with Gasteiger partial charge in [0.2, 0.25) is 0 Å². The van der Waals surface area contributed by atoms with Gasteiger partial charge in [0.1, 0.15) is 0 Å². The standard InChI is InChI=1S/C16H18ClNO4/c1-10-2-3-11(6-13(10)17)14(19)18-7-12-8-22-5-4-16(12,9-18)15(20)21/h2-3,6,12H,4-5,7-9H2,1H3,(H,20,21)/t12-,16+/m0/s1. The zero-order valence-corrected chi connectivity index (χ0v) is 13.1. The van der Waals surface area contributed by atoms with Crippen LogP contribution in [0.3, 0.4) is 0 Å². The van der Waals surface area contributed by atoms with Gasteiger partial charge in [-0.25, -0.2) is 0 Å². The van der Waals surface area contributed by atoms with Crippen molar-refractivity contribution in [3.05, 3.63) is 34.3 Å². The molecule has 2 heterocycles. The highest BCUT2D eigenvalue weighted by Crippen LogP contribution is 2.42. The molecule has 1 N–H and O–H groups in total. The van der Waals surface area contributed by atoms with E-state index in [-0.39, 0.29) is 18.4 Å². The maximum atomic E-state index is 12.7. The van der Waals surface area contributed by atoms with E-state index in [4.69, 9.17) is 16.3 Å². The SMILES string of the molecule is Cc1ccc(C(=O)N2C[C@H]3COCC[C@@]3(C(=O)O)C2)cc1Cl. The van der Waals surface area contributed by atoms with Crippen molar-refractivity contribution < 1.29 is 19.4 Å². The molecule has 3 rings (SSSR count). The first-order chi connectivity index (χ1) is 10.4. The second-order valence-corrected chi connectivity index (χ2v) is 6.54. The number of hydrogen-bond donors (Lipinski definition) is 1. The summed E-state index contributed by atoms with van der Waals surface area (Å²) >= 11 is 6.08. The summed E-state index contributed by atoms with van der Waals surface area (Å²) in [6.45, 7) is 3.35. The van der Waals surface area contributed by atoms with Crippen LogP contribution in [0.25, 0.3) is 0 Å². The van der Waals surface area contributed by atoms with Crippen molar-refractivity contribution in [2.45, 2.75) is 13.3 Å². The van der Waals surface area contributed by atoms with Crippen LogP contribution >= 0.6 is 11.6 Å². The lowest BCUT2D eigenvalue weighted by Gasteiger charge is -2.33. The Balaban J connectivity index is 1.85. The number of amides is 1. The fourth-order valence-corrected chi connectivity index (χ4v) is 3.54. The van der Waals surface area contributed by atoms with Crippen molar-refractivity contribution >= 4 is 23.5 Å². The second-order valence-electron chi connectivity index (χ2n) is 6.13. The molecule has 0 aromatic heterocycles. The quantitative estimate of drug-likeness (QED) is 0.906. The molecule has 2 aliphatic rings. The number of carboxylic acid groups (broad SMARTS) is 1. The molecule has 1 aromatic rings. The van der Waals surface area contributed by atoms with Crippen LogP contribution in [-0.4, -0.2) is 48.2 Å². The van der Waals surface area contributed by atoms with E-state index in [1.165, 1.54) is 0 Å². The fraction of sp³-hybridized carbons (Fsp3) is 0.500. The number of carbonyl (C=O) groups excluding carboxylic acids is 1. The Kier molecular flexibility index (Phi) is 3.87. The van der Waals surface area contributed by atoms with E-state index in [0.29, 0.717) is 36.8 Å². The summed E-state index contributed by atoms with van der Waals surface area (Å²) in [5, 5.41) is 10.2. The summed E-state index contributed by atoms with van der Waals surface area (Å²) < 4.78 is 5.40. The highest BCUT2D eigenvalue weighted by atomic mass is 35.5. The van der Waals surface area contributed by atoms with Crippen molar-refractivity contribution in [2.24, 2.45) is 11.3 Å². The number of carboxylic acids is 1. The van der Waals surface area contributed by atoms with E-state index in [1.807, 2.05) is 6.92 Å². The van der Waals surface area contributed by atoms with E-state index in [2.05, 4.69) is 0 Å². The predicted molar refractivity (Wildman–Crippen MR) is 81.1 cm³/mol. The van der Waals surface area contributed by atoms with Gasteiger partial charge in [-0.05, 0) is 31.0 Å². The van der Waals surface area contributed by atoms with Crippen molar-refractivity contribution in [1.82, 2.24) is 4.90 Å². The zero-order chi connectivity index (χ0) is 15.9. The number of aliphatic carboxylic acids is 1. The van der Waals surface area contributed by atoms with Crippen molar-refractivity contribution in [3.8, 4) is 0 Å². The molecule has 2 atom stereocenters. The van der Waals surface area contributed by atoms with Gasteiger partial charge in [0, 0.05) is 36.2 Å². The van der Waals surface area contributed by atoms with Crippen LogP contribution in [-0.2, 0) is 9.53 Å². The maximum Gasteiger partial charge on any atom is 0.311 e. The van der Waals surface area contributed by atoms with Crippen LogP contribution in [0.15, 0.2) is 18.2 Å². The monoisotopic (exact) mass is 323 g/mol. The minimum absolute atomic E-state index is 0.149. The van der Waals surface area contributed by atoms with Crippen LogP contribution < -0.4 is 0 Å². The molecule has 1 amide bonds. The molecular weight excluding hydrogens is 306 g/mol. The number of likely N-dealkylation sites (tertiary alicyclic amines) is 1. The average molecular weight is 324 g/mol. The highest BCUT2D eigenvalue weighted by molar-refractivity contribution is 6.31. The summed E-state index contributed by atoms with van der Waals surface area (Å²) in [6.07, 6.45) is 0.450. The number of ether oxygens (including phenoxy) is 1. The predicted octanol–water partition coefficient (Wildman–Crippen LogP) is 2.21. The van der Waals surface area contributed by atoms with Gasteiger partial charge in [-0.2, -0.15) is 0 Å². The van der Waals surface area contributed by atoms with Gasteiger partial charge in [0.05, 0.1) is 12.0 Å². The molecule has 118 valence electrons. The number of fused-ring (bicyclic) bond motifs is 1. The van der Waals surface area contributed by atoms with Gasteiger partial charge in [0.25, 0.3) is 5.91 Å². The third kappa shape index (κ3) is 2.38. The Bertz CT molecular complexity index is 633. The molecule has 1 aromatic carbocycles. The number of carbonyl (C=O) groups is 2. The van der Waals surface area contributed by atoms with Crippen LogP contribution in [0.2, 0.25) is 5.02 Å². The first-order valence-corrected chi connectivity index (χ1v) is 7.68. The Hall–Kier alpha value is -1.59. The smallest absolute Gasteiger partial charge is 0.311 e. The highest BCUT2D eigenvalue weighted by Gasteiger charge is 2.54. The van der Waals surface area contributed by atoms with Crippen LogP contribution in [0.1, 0.15) is 22.3 Å². The van der Waals surface area contributed by atoms with Crippen LogP contribution in [0.5, 0.6) is 0 Å². The third-order valence-electron chi connectivity index (χ3n) is 4.84. The molecule has 0 unspecified atom stereocenters. The Labute approximate surface area is 133 Å². The number of rotatable bonds is 2. The molecule has 22 heavy (non-hydrogen) atoms. The van der Waals surface area contributed by atoms with Gasteiger partial charge in [0.15, 0.2) is 0 Å². The normalized spacial score (nSPS) is 27.5. The fourth-order valence-electron chi connectivity index (χ4n) is 3.36. The number of hydrogen-bond acceptors (Lipinski definition) is 3. The number of halogens is 1. The van der Waals surface area contributed by atoms with Crippen molar-refractivity contribution in [1.29, 1.82) is 0 Å². The molecule has 0 saturated carbocycles. The molecule has 2 aliphatic heterocycles. The number of nitrogens with zero attached hydrogens (tertiary/aromatic N) is 1. The van der Waals surface area contributed by atoms with E-state index >= 15 is 0 Å². The summed E-state index contributed by atoms with van der Waals surface area (Å²) in [4.78, 5) is 26.0. The summed E-state index contributed by atoms with van der Waals surface area (Å²) in [5.74, 6) is -1.15. The zero-order valence-electron chi connectivity index (χ0n) is 12.3. The Morgan fingerprint density at radius 1 is 1.45 bits per heavy atom.